The van der Waals surface area contributed by atoms with E-state index in [4.69, 9.17) is 4.74 Å². The van der Waals surface area contributed by atoms with Crippen LogP contribution in [-0.4, -0.2) is 35.5 Å². The van der Waals surface area contributed by atoms with Crippen LogP contribution in [0.5, 0.6) is 0 Å². The summed E-state index contributed by atoms with van der Waals surface area (Å²) in [6, 6.07) is 8.47. The van der Waals surface area contributed by atoms with Gasteiger partial charge in [0.05, 0.1) is 6.61 Å². The molecule has 3 rings (SSSR count). The zero-order chi connectivity index (χ0) is 21.0. The molecule has 0 atom stereocenters. The Morgan fingerprint density at radius 3 is 2.93 bits per heavy atom. The predicted octanol–water partition coefficient (Wildman–Crippen LogP) is 5.37. The highest BCUT2D eigenvalue weighted by Gasteiger charge is 2.10. The first-order valence-corrected chi connectivity index (χ1v) is 11.0. The standard InChI is InChI=1S/C26H32N2O2/c1-2-30-26(29)22-14-8-5-3-4-6-12-18-28(19-13-7-9-15-22)21-23-20-27-25-17-11-10-16-24(23)25/h7,9-11,15-17,20,27H,2,4,6,8,12-14,18-19,21H2,1H3/b9-7+,22-15+. The van der Waals surface area contributed by atoms with Gasteiger partial charge < -0.3 is 9.72 Å². The fourth-order valence-electron chi connectivity index (χ4n) is 3.71. The fourth-order valence-corrected chi connectivity index (χ4v) is 3.71. The average molecular weight is 405 g/mol. The average Bonchev–Trinajstić information content (AvgIpc) is 3.15. The van der Waals surface area contributed by atoms with Gasteiger partial charge >= 0.3 is 5.97 Å². The van der Waals surface area contributed by atoms with Gasteiger partial charge in [-0.25, -0.2) is 4.79 Å². The molecule has 0 fully saturated rings. The van der Waals surface area contributed by atoms with Crippen LogP contribution in [0.15, 0.2) is 54.3 Å². The number of H-pyrrole nitrogens is 1. The number of benzene rings is 1. The highest BCUT2D eigenvalue weighted by atomic mass is 16.5. The molecule has 0 radical (unpaired) electrons. The van der Waals surface area contributed by atoms with E-state index < -0.39 is 0 Å². The number of fused-ring (bicyclic) bond motifs is 1. The number of hydrogen-bond acceptors (Lipinski definition) is 3. The predicted molar refractivity (Wildman–Crippen MR) is 123 cm³/mol. The quantitative estimate of drug-likeness (QED) is 0.550. The van der Waals surface area contributed by atoms with Gasteiger partial charge in [0.2, 0.25) is 0 Å². The smallest absolute Gasteiger partial charge is 0.334 e. The van der Waals surface area contributed by atoms with Crippen LogP contribution in [0, 0.1) is 11.8 Å². The van der Waals surface area contributed by atoms with Crippen molar-refractivity contribution in [1.82, 2.24) is 9.88 Å². The van der Waals surface area contributed by atoms with Crippen molar-refractivity contribution in [2.75, 3.05) is 19.7 Å². The van der Waals surface area contributed by atoms with Gasteiger partial charge in [-0.1, -0.05) is 36.4 Å². The van der Waals surface area contributed by atoms with E-state index >= 15 is 0 Å². The van der Waals surface area contributed by atoms with Crippen LogP contribution in [-0.2, 0) is 16.1 Å². The van der Waals surface area contributed by atoms with Gasteiger partial charge in [-0.05, 0) is 50.8 Å². The molecule has 158 valence electrons. The van der Waals surface area contributed by atoms with E-state index in [1.54, 1.807) is 0 Å². The molecule has 0 bridgehead atoms. The largest absolute Gasteiger partial charge is 0.463 e. The van der Waals surface area contributed by atoms with E-state index in [2.05, 4.69) is 58.3 Å². The van der Waals surface area contributed by atoms with Gasteiger partial charge in [0.1, 0.15) is 0 Å². The van der Waals surface area contributed by atoms with E-state index in [1.807, 2.05) is 19.1 Å². The number of ether oxygens (including phenoxy) is 1. The van der Waals surface area contributed by atoms with Gasteiger partial charge in [0.15, 0.2) is 0 Å². The summed E-state index contributed by atoms with van der Waals surface area (Å²) in [5.74, 6) is 6.24. The van der Waals surface area contributed by atoms with Crippen molar-refractivity contribution in [2.45, 2.75) is 52.0 Å². The lowest BCUT2D eigenvalue weighted by atomic mass is 10.1. The number of nitrogens with one attached hydrogen (secondary N) is 1. The topological polar surface area (TPSA) is 45.3 Å². The van der Waals surface area contributed by atoms with Crippen LogP contribution in [0.4, 0.5) is 0 Å². The second kappa shape index (κ2) is 12.0. The zero-order valence-corrected chi connectivity index (χ0v) is 18.0. The Labute approximate surface area is 180 Å². The maximum absolute atomic E-state index is 12.1. The van der Waals surface area contributed by atoms with E-state index in [0.717, 1.165) is 45.3 Å². The van der Waals surface area contributed by atoms with Crippen LogP contribution in [0.2, 0.25) is 0 Å². The number of aromatic nitrogens is 1. The molecule has 0 amide bonds. The minimum Gasteiger partial charge on any atom is -0.463 e. The summed E-state index contributed by atoms with van der Waals surface area (Å²) in [4.78, 5) is 18.0. The summed E-state index contributed by atoms with van der Waals surface area (Å²) >= 11 is 0. The number of nitrogens with zero attached hydrogens (tertiary/aromatic N) is 1. The lowest BCUT2D eigenvalue weighted by molar-refractivity contribution is -0.138. The Kier molecular flexibility index (Phi) is 8.80. The van der Waals surface area contributed by atoms with Crippen LogP contribution >= 0.6 is 0 Å². The van der Waals surface area contributed by atoms with Gasteiger partial charge in [-0.15, -0.1) is 11.8 Å². The van der Waals surface area contributed by atoms with Crippen molar-refractivity contribution < 1.29 is 9.53 Å². The van der Waals surface area contributed by atoms with Crippen molar-refractivity contribution in [3.05, 3.63) is 59.8 Å². The number of aromatic amines is 1. The Bertz CT molecular complexity index is 943. The summed E-state index contributed by atoms with van der Waals surface area (Å²) in [5.41, 5.74) is 3.24. The first kappa shape index (κ1) is 21.9. The summed E-state index contributed by atoms with van der Waals surface area (Å²) < 4.78 is 5.18. The molecule has 1 aromatic carbocycles. The van der Waals surface area contributed by atoms with E-state index in [9.17, 15) is 4.79 Å². The number of rotatable bonds is 4. The van der Waals surface area contributed by atoms with E-state index in [-0.39, 0.29) is 5.97 Å². The Morgan fingerprint density at radius 1 is 1.17 bits per heavy atom. The Hall–Kier alpha value is -2.77. The number of esters is 1. The van der Waals surface area contributed by atoms with Crippen LogP contribution in [0.25, 0.3) is 10.9 Å². The zero-order valence-electron chi connectivity index (χ0n) is 18.0. The third kappa shape index (κ3) is 6.64. The molecule has 1 aliphatic heterocycles. The van der Waals surface area contributed by atoms with Crippen LogP contribution < -0.4 is 0 Å². The van der Waals surface area contributed by atoms with Crippen molar-refractivity contribution in [3.8, 4) is 11.8 Å². The number of para-hydroxylation sites is 1. The summed E-state index contributed by atoms with van der Waals surface area (Å²) in [6.07, 6.45) is 13.6. The van der Waals surface area contributed by atoms with Gasteiger partial charge in [0.25, 0.3) is 0 Å². The number of allylic oxidation sites excluding steroid dienone is 2. The first-order chi connectivity index (χ1) is 14.8. The molecule has 0 aliphatic carbocycles. The van der Waals surface area contributed by atoms with Gasteiger partial charge in [-0.2, -0.15) is 0 Å². The molecule has 2 heterocycles. The van der Waals surface area contributed by atoms with E-state index in [1.165, 1.54) is 16.5 Å². The number of carbonyl (C=O) groups is 1. The van der Waals surface area contributed by atoms with Crippen molar-refractivity contribution in [2.24, 2.45) is 0 Å². The fraction of sp³-hybridized carbons (Fsp3) is 0.423. The molecule has 0 saturated heterocycles. The molecule has 0 unspecified atom stereocenters. The minimum atomic E-state index is -0.228. The monoisotopic (exact) mass is 404 g/mol. The van der Waals surface area contributed by atoms with Crippen LogP contribution in [0.3, 0.4) is 0 Å². The summed E-state index contributed by atoms with van der Waals surface area (Å²) in [5, 5.41) is 1.30. The molecule has 0 spiro atoms. The third-order valence-corrected chi connectivity index (χ3v) is 5.32. The van der Waals surface area contributed by atoms with Crippen LogP contribution in [0.1, 0.15) is 51.0 Å². The first-order valence-electron chi connectivity index (χ1n) is 11.0. The maximum Gasteiger partial charge on any atom is 0.334 e. The SMILES string of the molecule is CCOC(=O)/C1=C/C=C/CCN(Cc2c[nH]c3ccccc23)CCCCC#CCC1. The summed E-state index contributed by atoms with van der Waals surface area (Å²) in [7, 11) is 0. The molecular weight excluding hydrogens is 372 g/mol. The Balaban J connectivity index is 1.68. The molecule has 4 heteroatoms. The highest BCUT2D eigenvalue weighted by Crippen LogP contribution is 2.20. The third-order valence-electron chi connectivity index (χ3n) is 5.32. The lowest BCUT2D eigenvalue weighted by Gasteiger charge is -2.21. The Morgan fingerprint density at radius 2 is 2.03 bits per heavy atom. The number of carbonyl (C=O) groups excluding carboxylic acids is 1. The van der Waals surface area contributed by atoms with Crippen molar-refractivity contribution >= 4 is 16.9 Å². The second-order valence-electron chi connectivity index (χ2n) is 7.58. The maximum atomic E-state index is 12.1. The second-order valence-corrected chi connectivity index (χ2v) is 7.58. The van der Waals surface area contributed by atoms with Crippen molar-refractivity contribution in [1.29, 1.82) is 0 Å². The normalized spacial score (nSPS) is 19.6. The number of hydrogen-bond donors (Lipinski definition) is 1. The molecular formula is C26H32N2O2. The molecule has 0 saturated carbocycles. The molecule has 2 aromatic rings. The minimum absolute atomic E-state index is 0.228. The molecule has 4 nitrogen and oxygen atoms in total. The van der Waals surface area contributed by atoms with E-state index in [0.29, 0.717) is 25.0 Å². The lowest BCUT2D eigenvalue weighted by Crippen LogP contribution is -2.25. The highest BCUT2D eigenvalue weighted by molar-refractivity contribution is 5.88. The van der Waals surface area contributed by atoms with Gasteiger partial charge in [0, 0.05) is 48.6 Å². The molecule has 1 N–H and O–H groups in total. The molecule has 1 aliphatic rings. The molecule has 30 heavy (non-hydrogen) atoms. The van der Waals surface area contributed by atoms with Gasteiger partial charge in [-0.3, -0.25) is 4.90 Å². The summed E-state index contributed by atoms with van der Waals surface area (Å²) in [6.45, 7) is 5.23. The molecule has 1 aromatic heterocycles. The van der Waals surface area contributed by atoms with Crippen molar-refractivity contribution in [3.63, 3.8) is 0 Å².